The van der Waals surface area contributed by atoms with Crippen LogP contribution in [0.2, 0.25) is 15.1 Å². The minimum absolute atomic E-state index is 0.183. The van der Waals surface area contributed by atoms with Crippen LogP contribution in [0.15, 0.2) is 58.5 Å². The molecule has 0 aliphatic carbocycles. The molecule has 1 N–H and O–H groups in total. The molecule has 0 saturated heterocycles. The normalized spacial score (nSPS) is 12.3. The van der Waals surface area contributed by atoms with Crippen molar-refractivity contribution in [2.45, 2.75) is 30.9 Å². The van der Waals surface area contributed by atoms with E-state index in [1.165, 1.54) is 11.8 Å². The van der Waals surface area contributed by atoms with Crippen LogP contribution >= 0.6 is 46.6 Å². The molecule has 2 aromatic carbocycles. The molecule has 8 heteroatoms. The first-order chi connectivity index (χ1) is 14.3. The Morgan fingerprint density at radius 1 is 1.07 bits per heavy atom. The van der Waals surface area contributed by atoms with Gasteiger partial charge in [-0.25, -0.2) is 5.43 Å². The standard InChI is InChI=1S/C22H20Cl3N3OS/c1-13-10-16(14(2)28(13)21-11-18(24)6-9-20(21)25)12-26-27-22(29)15(3)30-19-7-4-17(23)5-8-19/h4-12,15H,1-3H3,(H,27,29)/b26-12-/t15-/m1/s1. The van der Waals surface area contributed by atoms with E-state index in [-0.39, 0.29) is 11.2 Å². The molecule has 0 bridgehead atoms. The molecule has 30 heavy (non-hydrogen) atoms. The molecular weight excluding hydrogens is 461 g/mol. The summed E-state index contributed by atoms with van der Waals surface area (Å²) in [6.07, 6.45) is 1.63. The fourth-order valence-corrected chi connectivity index (χ4v) is 4.33. The van der Waals surface area contributed by atoms with Crippen LogP contribution in [0.3, 0.4) is 0 Å². The quantitative estimate of drug-likeness (QED) is 0.243. The first kappa shape index (κ1) is 22.8. The number of hydrogen-bond acceptors (Lipinski definition) is 3. The summed E-state index contributed by atoms with van der Waals surface area (Å²) in [6.45, 7) is 5.77. The highest BCUT2D eigenvalue weighted by Gasteiger charge is 2.15. The van der Waals surface area contributed by atoms with Gasteiger partial charge in [-0.05, 0) is 69.3 Å². The van der Waals surface area contributed by atoms with Crippen LogP contribution in [-0.4, -0.2) is 21.9 Å². The number of aromatic nitrogens is 1. The van der Waals surface area contributed by atoms with Crippen molar-refractivity contribution < 1.29 is 4.79 Å². The van der Waals surface area contributed by atoms with Gasteiger partial charge in [0.1, 0.15) is 0 Å². The molecule has 0 fully saturated rings. The molecule has 4 nitrogen and oxygen atoms in total. The number of carbonyl (C=O) groups is 1. The van der Waals surface area contributed by atoms with Crippen LogP contribution in [0.25, 0.3) is 5.69 Å². The lowest BCUT2D eigenvalue weighted by atomic mass is 10.2. The summed E-state index contributed by atoms with van der Waals surface area (Å²) in [5, 5.41) is 5.71. The van der Waals surface area contributed by atoms with Crippen molar-refractivity contribution in [3.8, 4) is 5.69 Å². The maximum absolute atomic E-state index is 12.4. The van der Waals surface area contributed by atoms with Crippen LogP contribution in [0, 0.1) is 13.8 Å². The second kappa shape index (κ2) is 9.92. The SMILES string of the molecule is Cc1cc(/C=N\NC(=O)[C@@H](C)Sc2ccc(Cl)cc2)c(C)n1-c1cc(Cl)ccc1Cl. The van der Waals surface area contributed by atoms with Crippen molar-refractivity contribution in [3.63, 3.8) is 0 Å². The van der Waals surface area contributed by atoms with Gasteiger partial charge in [-0.2, -0.15) is 5.10 Å². The van der Waals surface area contributed by atoms with E-state index >= 15 is 0 Å². The molecule has 3 rings (SSSR count). The number of hydrogen-bond donors (Lipinski definition) is 1. The van der Waals surface area contributed by atoms with Crippen LogP contribution in [0.5, 0.6) is 0 Å². The molecule has 0 spiro atoms. The Morgan fingerprint density at radius 2 is 1.73 bits per heavy atom. The second-order valence-electron chi connectivity index (χ2n) is 6.71. The van der Waals surface area contributed by atoms with Crippen LogP contribution in [0.1, 0.15) is 23.9 Å². The van der Waals surface area contributed by atoms with Crippen LogP contribution in [0.4, 0.5) is 0 Å². The van der Waals surface area contributed by atoms with Gasteiger partial charge in [0, 0.05) is 31.9 Å². The number of hydrazone groups is 1. The van der Waals surface area contributed by atoms with Crippen LogP contribution < -0.4 is 5.43 Å². The van der Waals surface area contributed by atoms with E-state index in [4.69, 9.17) is 34.8 Å². The molecular formula is C22H20Cl3N3OS. The molecule has 1 heterocycles. The Balaban J connectivity index is 1.70. The second-order valence-corrected chi connectivity index (χ2v) is 9.40. The van der Waals surface area contributed by atoms with E-state index in [2.05, 4.69) is 10.5 Å². The zero-order chi connectivity index (χ0) is 21.8. The van der Waals surface area contributed by atoms with Crippen molar-refractivity contribution >= 4 is 58.7 Å². The van der Waals surface area contributed by atoms with Gasteiger partial charge < -0.3 is 4.57 Å². The van der Waals surface area contributed by atoms with Gasteiger partial charge in [0.05, 0.1) is 22.2 Å². The Kier molecular flexibility index (Phi) is 7.53. The van der Waals surface area contributed by atoms with Crippen molar-refractivity contribution in [1.29, 1.82) is 0 Å². The van der Waals surface area contributed by atoms with E-state index in [0.29, 0.717) is 15.1 Å². The highest BCUT2D eigenvalue weighted by molar-refractivity contribution is 8.00. The van der Waals surface area contributed by atoms with Crippen molar-refractivity contribution in [2.75, 3.05) is 0 Å². The first-order valence-corrected chi connectivity index (χ1v) is 11.2. The van der Waals surface area contributed by atoms with Crippen molar-refractivity contribution in [3.05, 3.63) is 80.6 Å². The summed E-state index contributed by atoms with van der Waals surface area (Å²) in [6, 6.07) is 14.7. The van der Waals surface area contributed by atoms with Gasteiger partial charge in [-0.3, -0.25) is 4.79 Å². The topological polar surface area (TPSA) is 46.4 Å². The maximum atomic E-state index is 12.4. The fraction of sp³-hybridized carbons (Fsp3) is 0.182. The average Bonchev–Trinajstić information content (AvgIpc) is 2.98. The number of thioether (sulfide) groups is 1. The molecule has 0 radical (unpaired) electrons. The number of nitrogens with zero attached hydrogens (tertiary/aromatic N) is 2. The van der Waals surface area contributed by atoms with Gasteiger partial charge >= 0.3 is 0 Å². The molecule has 1 atom stereocenters. The lowest BCUT2D eigenvalue weighted by molar-refractivity contribution is -0.120. The van der Waals surface area contributed by atoms with Crippen molar-refractivity contribution in [2.24, 2.45) is 5.10 Å². The first-order valence-electron chi connectivity index (χ1n) is 9.15. The summed E-state index contributed by atoms with van der Waals surface area (Å²) in [5.41, 5.74) is 6.21. The summed E-state index contributed by atoms with van der Waals surface area (Å²) in [5.74, 6) is -0.183. The highest BCUT2D eigenvalue weighted by Crippen LogP contribution is 2.29. The predicted molar refractivity (Wildman–Crippen MR) is 128 cm³/mol. The number of amides is 1. The fourth-order valence-electron chi connectivity index (χ4n) is 2.97. The zero-order valence-electron chi connectivity index (χ0n) is 16.6. The minimum Gasteiger partial charge on any atom is -0.316 e. The van der Waals surface area contributed by atoms with Gasteiger partial charge in [-0.15, -0.1) is 11.8 Å². The Labute approximate surface area is 195 Å². The summed E-state index contributed by atoms with van der Waals surface area (Å²) in [7, 11) is 0. The summed E-state index contributed by atoms with van der Waals surface area (Å²) < 4.78 is 2.01. The van der Waals surface area contributed by atoms with Gasteiger partial charge in [0.25, 0.3) is 5.91 Å². The molecule has 3 aromatic rings. The number of aryl methyl sites for hydroxylation is 1. The molecule has 156 valence electrons. The lowest BCUT2D eigenvalue weighted by Gasteiger charge is -2.12. The molecule has 0 saturated carbocycles. The van der Waals surface area contributed by atoms with E-state index in [1.807, 2.05) is 49.6 Å². The van der Waals surface area contributed by atoms with E-state index in [9.17, 15) is 4.79 Å². The molecule has 0 aliphatic heterocycles. The van der Waals surface area contributed by atoms with Crippen molar-refractivity contribution in [1.82, 2.24) is 9.99 Å². The van der Waals surface area contributed by atoms with E-state index in [1.54, 1.807) is 30.5 Å². The third kappa shape index (κ3) is 5.41. The van der Waals surface area contributed by atoms with Gasteiger partial charge in [-0.1, -0.05) is 34.8 Å². The largest absolute Gasteiger partial charge is 0.316 e. The van der Waals surface area contributed by atoms with E-state index in [0.717, 1.165) is 27.5 Å². The highest BCUT2D eigenvalue weighted by atomic mass is 35.5. The number of carbonyl (C=O) groups excluding carboxylic acids is 1. The number of rotatable bonds is 6. The minimum atomic E-state index is -0.305. The number of benzene rings is 2. The Bertz CT molecular complexity index is 1090. The van der Waals surface area contributed by atoms with Crippen LogP contribution in [-0.2, 0) is 4.79 Å². The third-order valence-electron chi connectivity index (χ3n) is 4.49. The van der Waals surface area contributed by atoms with Gasteiger partial charge in [0.15, 0.2) is 0 Å². The smallest absolute Gasteiger partial charge is 0.253 e. The molecule has 1 aromatic heterocycles. The monoisotopic (exact) mass is 479 g/mol. The number of halogens is 3. The summed E-state index contributed by atoms with van der Waals surface area (Å²) in [4.78, 5) is 13.3. The van der Waals surface area contributed by atoms with Gasteiger partial charge in [0.2, 0.25) is 0 Å². The molecule has 1 amide bonds. The Hall–Kier alpha value is -1.92. The average molecular weight is 481 g/mol. The maximum Gasteiger partial charge on any atom is 0.253 e. The van der Waals surface area contributed by atoms with E-state index < -0.39 is 0 Å². The zero-order valence-corrected chi connectivity index (χ0v) is 19.7. The third-order valence-corrected chi connectivity index (χ3v) is 6.41. The number of nitrogens with one attached hydrogen (secondary N) is 1. The summed E-state index contributed by atoms with van der Waals surface area (Å²) >= 11 is 19.8. The molecule has 0 unspecified atom stereocenters. The Morgan fingerprint density at radius 3 is 2.43 bits per heavy atom. The molecule has 0 aliphatic rings. The lowest BCUT2D eigenvalue weighted by Crippen LogP contribution is -2.26. The predicted octanol–water partition coefficient (Wildman–Crippen LogP) is 6.69.